The van der Waals surface area contributed by atoms with Gasteiger partial charge in [-0.1, -0.05) is 24.8 Å². The van der Waals surface area contributed by atoms with Gasteiger partial charge in [-0.25, -0.2) is 0 Å². The highest BCUT2D eigenvalue weighted by atomic mass is 32.2. The standard InChI is InChI=1S/C7H12S.CH4O3S/c1-4-7(2)5-6-8-3;1-5(2,3)4/h4H,1-2,5-6H2,3H3;1H3,(H,2,3,4). The monoisotopic (exact) mass is 224 g/mol. The molecule has 0 heterocycles. The Morgan fingerprint density at radius 1 is 1.62 bits per heavy atom. The Labute approximate surface area is 84.7 Å². The lowest BCUT2D eigenvalue weighted by molar-refractivity contribution is 0.490. The third kappa shape index (κ3) is 33.8. The van der Waals surface area contributed by atoms with Crippen LogP contribution in [0.4, 0.5) is 0 Å². The van der Waals surface area contributed by atoms with Crippen molar-refractivity contribution in [3.8, 4) is 0 Å². The zero-order valence-electron chi connectivity index (χ0n) is 7.99. The molecule has 0 rings (SSSR count). The van der Waals surface area contributed by atoms with Gasteiger partial charge in [-0.05, 0) is 18.4 Å². The SMILES string of the molecule is C=CC(=C)CCSC.CS(=O)(=O)O. The molecule has 78 valence electrons. The molecule has 0 spiro atoms. The smallest absolute Gasteiger partial charge is 0.261 e. The van der Waals surface area contributed by atoms with Crippen molar-refractivity contribution >= 4 is 21.9 Å². The lowest BCUT2D eigenvalue weighted by atomic mass is 10.2. The predicted molar refractivity (Wildman–Crippen MR) is 59.8 cm³/mol. The molecule has 0 aromatic carbocycles. The van der Waals surface area contributed by atoms with Crippen molar-refractivity contribution < 1.29 is 13.0 Å². The largest absolute Gasteiger partial charge is 0.286 e. The van der Waals surface area contributed by atoms with E-state index in [-0.39, 0.29) is 0 Å². The molecule has 3 nitrogen and oxygen atoms in total. The molecule has 0 fully saturated rings. The van der Waals surface area contributed by atoms with Crippen LogP contribution in [0.2, 0.25) is 0 Å². The van der Waals surface area contributed by atoms with Crippen LogP contribution < -0.4 is 0 Å². The van der Waals surface area contributed by atoms with Crippen LogP contribution in [-0.4, -0.2) is 31.2 Å². The quantitative estimate of drug-likeness (QED) is 0.586. The van der Waals surface area contributed by atoms with E-state index in [4.69, 9.17) is 4.55 Å². The molecule has 0 aliphatic heterocycles. The van der Waals surface area contributed by atoms with Crippen LogP contribution >= 0.6 is 11.8 Å². The Morgan fingerprint density at radius 2 is 2.00 bits per heavy atom. The Morgan fingerprint density at radius 3 is 2.23 bits per heavy atom. The van der Waals surface area contributed by atoms with Crippen LogP contribution in [0.5, 0.6) is 0 Å². The maximum absolute atomic E-state index is 9.19. The molecular weight excluding hydrogens is 208 g/mol. The van der Waals surface area contributed by atoms with Crippen molar-refractivity contribution in [3.05, 3.63) is 24.8 Å². The highest BCUT2D eigenvalue weighted by Crippen LogP contribution is 2.03. The Bertz CT molecular complexity index is 234. The van der Waals surface area contributed by atoms with E-state index < -0.39 is 10.1 Å². The molecule has 0 aromatic rings. The number of hydrogen-bond donors (Lipinski definition) is 1. The molecule has 0 unspecified atom stereocenters. The molecule has 0 amide bonds. The summed E-state index contributed by atoms with van der Waals surface area (Å²) in [4.78, 5) is 0. The van der Waals surface area contributed by atoms with Crippen molar-refractivity contribution in [1.82, 2.24) is 0 Å². The van der Waals surface area contributed by atoms with E-state index in [1.807, 2.05) is 17.8 Å². The van der Waals surface area contributed by atoms with Crippen molar-refractivity contribution in [2.75, 3.05) is 18.3 Å². The first kappa shape index (κ1) is 15.2. The molecular formula is C8H16O3S2. The highest BCUT2D eigenvalue weighted by molar-refractivity contribution is 7.98. The van der Waals surface area contributed by atoms with Crippen LogP contribution in [-0.2, 0) is 10.1 Å². The van der Waals surface area contributed by atoms with Gasteiger partial charge in [0.05, 0.1) is 6.26 Å². The summed E-state index contributed by atoms with van der Waals surface area (Å²) in [6, 6.07) is 0. The van der Waals surface area contributed by atoms with Crippen molar-refractivity contribution in [1.29, 1.82) is 0 Å². The van der Waals surface area contributed by atoms with Gasteiger partial charge in [0.15, 0.2) is 0 Å². The minimum absolute atomic E-state index is 0.715. The molecule has 0 radical (unpaired) electrons. The van der Waals surface area contributed by atoms with E-state index in [1.165, 1.54) is 0 Å². The molecule has 0 atom stereocenters. The van der Waals surface area contributed by atoms with Gasteiger partial charge in [0.25, 0.3) is 10.1 Å². The summed E-state index contributed by atoms with van der Waals surface area (Å²) in [6.07, 6.45) is 5.70. The number of hydrogen-bond acceptors (Lipinski definition) is 3. The molecule has 0 aliphatic carbocycles. The molecule has 0 aromatic heterocycles. The normalized spacial score (nSPS) is 9.77. The van der Waals surface area contributed by atoms with E-state index in [2.05, 4.69) is 19.4 Å². The molecule has 13 heavy (non-hydrogen) atoms. The van der Waals surface area contributed by atoms with Gasteiger partial charge in [-0.3, -0.25) is 4.55 Å². The van der Waals surface area contributed by atoms with E-state index in [1.54, 1.807) is 0 Å². The summed E-state index contributed by atoms with van der Waals surface area (Å²) in [6.45, 7) is 7.38. The van der Waals surface area contributed by atoms with Crippen LogP contribution in [0.3, 0.4) is 0 Å². The third-order valence-electron chi connectivity index (χ3n) is 0.916. The summed E-state index contributed by atoms with van der Waals surface area (Å²) in [7, 11) is -3.67. The number of allylic oxidation sites excluding steroid dienone is 2. The van der Waals surface area contributed by atoms with Gasteiger partial charge in [0.1, 0.15) is 0 Å². The molecule has 1 N–H and O–H groups in total. The summed E-state index contributed by atoms with van der Waals surface area (Å²) < 4.78 is 25.9. The fourth-order valence-electron chi connectivity index (χ4n) is 0.335. The molecule has 0 bridgehead atoms. The first-order valence-corrected chi connectivity index (χ1v) is 6.77. The lowest BCUT2D eigenvalue weighted by Crippen LogP contribution is -1.88. The topological polar surface area (TPSA) is 54.4 Å². The minimum atomic E-state index is -3.67. The maximum Gasteiger partial charge on any atom is 0.261 e. The summed E-state index contributed by atoms with van der Waals surface area (Å²) >= 11 is 1.84. The zero-order chi connectivity index (χ0) is 10.9. The van der Waals surface area contributed by atoms with Crippen LogP contribution in [0.15, 0.2) is 24.8 Å². The van der Waals surface area contributed by atoms with Crippen molar-refractivity contribution in [2.45, 2.75) is 6.42 Å². The van der Waals surface area contributed by atoms with E-state index in [0.29, 0.717) is 6.26 Å². The second-order valence-corrected chi connectivity index (χ2v) is 4.79. The second-order valence-electron chi connectivity index (χ2n) is 2.34. The van der Waals surface area contributed by atoms with Gasteiger partial charge < -0.3 is 0 Å². The average molecular weight is 224 g/mol. The second kappa shape index (κ2) is 8.34. The van der Waals surface area contributed by atoms with Crippen molar-refractivity contribution in [3.63, 3.8) is 0 Å². The van der Waals surface area contributed by atoms with Crippen LogP contribution in [0.1, 0.15) is 6.42 Å². The van der Waals surface area contributed by atoms with Crippen LogP contribution in [0.25, 0.3) is 0 Å². The van der Waals surface area contributed by atoms with E-state index in [0.717, 1.165) is 17.7 Å². The summed E-state index contributed by atoms with van der Waals surface area (Å²) in [5, 5.41) is 0. The molecule has 0 aliphatic rings. The number of rotatable bonds is 4. The minimum Gasteiger partial charge on any atom is -0.286 e. The summed E-state index contributed by atoms with van der Waals surface area (Å²) in [5.41, 5.74) is 1.14. The third-order valence-corrected chi connectivity index (χ3v) is 1.53. The molecule has 0 saturated heterocycles. The fraction of sp³-hybridized carbons (Fsp3) is 0.500. The molecule has 5 heteroatoms. The Hall–Kier alpha value is -0.260. The highest BCUT2D eigenvalue weighted by Gasteiger charge is 1.84. The van der Waals surface area contributed by atoms with E-state index >= 15 is 0 Å². The van der Waals surface area contributed by atoms with Crippen molar-refractivity contribution in [2.24, 2.45) is 0 Å². The fourth-order valence-corrected chi connectivity index (χ4v) is 0.802. The number of thioether (sulfide) groups is 1. The van der Waals surface area contributed by atoms with Crippen LogP contribution in [0, 0.1) is 0 Å². The van der Waals surface area contributed by atoms with Gasteiger partial charge >= 0.3 is 0 Å². The first-order valence-electron chi connectivity index (χ1n) is 3.53. The maximum atomic E-state index is 9.19. The van der Waals surface area contributed by atoms with Gasteiger partial charge in [-0.15, -0.1) is 0 Å². The van der Waals surface area contributed by atoms with Gasteiger partial charge in [0, 0.05) is 0 Å². The predicted octanol–water partition coefficient (Wildman–Crippen LogP) is 1.99. The average Bonchev–Trinajstić information content (AvgIpc) is 1.97. The Kier molecular flexibility index (Phi) is 9.77. The zero-order valence-corrected chi connectivity index (χ0v) is 9.62. The first-order chi connectivity index (χ1) is 5.81. The van der Waals surface area contributed by atoms with Gasteiger partial charge in [0.2, 0.25) is 0 Å². The van der Waals surface area contributed by atoms with E-state index in [9.17, 15) is 8.42 Å². The molecule has 0 saturated carbocycles. The van der Waals surface area contributed by atoms with Gasteiger partial charge in [-0.2, -0.15) is 20.2 Å². The summed E-state index contributed by atoms with van der Waals surface area (Å²) in [5.74, 6) is 1.16. The Balaban J connectivity index is 0. The lowest BCUT2D eigenvalue weighted by Gasteiger charge is -1.93.